The van der Waals surface area contributed by atoms with Crippen LogP contribution in [0.15, 0.2) is 29.2 Å². The van der Waals surface area contributed by atoms with Gasteiger partial charge in [-0.2, -0.15) is 5.10 Å². The van der Waals surface area contributed by atoms with Gasteiger partial charge in [-0.3, -0.25) is 19.3 Å². The molecular formula is C16H15Cl2N5O3. The Morgan fingerprint density at radius 3 is 2.88 bits per heavy atom. The quantitative estimate of drug-likeness (QED) is 0.621. The zero-order chi connectivity index (χ0) is 18.7. The van der Waals surface area contributed by atoms with Crippen LogP contribution in [-0.4, -0.2) is 32.8 Å². The zero-order valence-corrected chi connectivity index (χ0v) is 15.3. The van der Waals surface area contributed by atoms with Crippen molar-refractivity contribution in [2.75, 3.05) is 12.4 Å². The van der Waals surface area contributed by atoms with Gasteiger partial charge in [0.05, 0.1) is 36.3 Å². The van der Waals surface area contributed by atoms with Gasteiger partial charge in [0, 0.05) is 6.54 Å². The Morgan fingerprint density at radius 2 is 2.15 bits per heavy atom. The molecule has 0 atom stereocenters. The third-order valence-electron chi connectivity index (χ3n) is 3.64. The number of H-pyrrole nitrogens is 1. The number of methoxy groups -OCH3 is 1. The molecule has 0 unspecified atom stereocenters. The number of hydrogen-bond acceptors (Lipinski definition) is 6. The molecule has 0 radical (unpaired) electrons. The van der Waals surface area contributed by atoms with Crippen LogP contribution in [0.2, 0.25) is 10.0 Å². The molecule has 0 saturated carbocycles. The molecule has 136 valence electrons. The van der Waals surface area contributed by atoms with Gasteiger partial charge in [0.25, 0.3) is 5.56 Å². The van der Waals surface area contributed by atoms with Gasteiger partial charge in [-0.25, -0.2) is 4.98 Å². The van der Waals surface area contributed by atoms with Crippen molar-refractivity contribution in [3.05, 3.63) is 50.4 Å². The summed E-state index contributed by atoms with van der Waals surface area (Å²) < 4.78 is 6.08. The van der Waals surface area contributed by atoms with Gasteiger partial charge in [-0.05, 0) is 17.7 Å². The van der Waals surface area contributed by atoms with E-state index in [1.165, 1.54) is 11.8 Å². The van der Waals surface area contributed by atoms with Gasteiger partial charge in [-0.1, -0.05) is 29.3 Å². The van der Waals surface area contributed by atoms with E-state index in [9.17, 15) is 9.59 Å². The summed E-state index contributed by atoms with van der Waals surface area (Å²) in [4.78, 5) is 30.4. The largest absolute Gasteiger partial charge is 0.469 e. The number of aryl methyl sites for hydroxylation is 1. The number of halogens is 2. The number of aromatic nitrogens is 4. The van der Waals surface area contributed by atoms with Crippen LogP contribution in [0.25, 0.3) is 11.0 Å². The predicted molar refractivity (Wildman–Crippen MR) is 98.6 cm³/mol. The van der Waals surface area contributed by atoms with Crippen LogP contribution in [0.5, 0.6) is 0 Å². The molecule has 0 aliphatic carbocycles. The number of benzene rings is 1. The van der Waals surface area contributed by atoms with Gasteiger partial charge in [0.2, 0.25) is 5.95 Å². The summed E-state index contributed by atoms with van der Waals surface area (Å²) >= 11 is 11.9. The molecular weight excluding hydrogens is 381 g/mol. The SMILES string of the molecule is COC(=O)CCn1cc2nc(NCc3ccc(Cl)c(Cl)c3)[nH]c(=O)c2n1. The number of ether oxygens (including phenoxy) is 1. The molecule has 2 N–H and O–H groups in total. The first-order chi connectivity index (χ1) is 12.5. The molecule has 10 heteroatoms. The minimum absolute atomic E-state index is 0.158. The fourth-order valence-corrected chi connectivity index (χ4v) is 2.63. The highest BCUT2D eigenvalue weighted by Crippen LogP contribution is 2.22. The van der Waals surface area contributed by atoms with Crippen molar-refractivity contribution in [3.63, 3.8) is 0 Å². The Bertz CT molecular complexity index is 1010. The highest BCUT2D eigenvalue weighted by atomic mass is 35.5. The summed E-state index contributed by atoms with van der Waals surface area (Å²) in [5.74, 6) is -0.0449. The van der Waals surface area contributed by atoms with Crippen LogP contribution in [0.4, 0.5) is 5.95 Å². The molecule has 0 spiro atoms. The molecule has 26 heavy (non-hydrogen) atoms. The number of aromatic amines is 1. The third kappa shape index (κ3) is 4.14. The molecule has 0 saturated heterocycles. The Hall–Kier alpha value is -2.58. The predicted octanol–water partition coefficient (Wildman–Crippen LogP) is 2.60. The standard InChI is InChI=1S/C16H15Cl2N5O3/c1-26-13(24)4-5-23-8-12-14(22-23)15(25)21-16(20-12)19-7-9-2-3-10(17)11(18)6-9/h2-3,6,8H,4-5,7H2,1H3,(H2,19,20,21,25). The van der Waals surface area contributed by atoms with Crippen molar-refractivity contribution in [1.82, 2.24) is 19.7 Å². The normalized spacial score (nSPS) is 10.9. The number of nitrogens with one attached hydrogen (secondary N) is 2. The van der Waals surface area contributed by atoms with Crippen molar-refractivity contribution in [1.29, 1.82) is 0 Å². The number of hydrogen-bond donors (Lipinski definition) is 2. The van der Waals surface area contributed by atoms with E-state index in [0.717, 1.165) is 5.56 Å². The fourth-order valence-electron chi connectivity index (χ4n) is 2.31. The van der Waals surface area contributed by atoms with Crippen molar-refractivity contribution < 1.29 is 9.53 Å². The van der Waals surface area contributed by atoms with E-state index in [4.69, 9.17) is 23.2 Å². The maximum Gasteiger partial charge on any atom is 0.307 e. The molecule has 0 aliphatic heterocycles. The number of anilines is 1. The summed E-state index contributed by atoms with van der Waals surface area (Å²) in [6, 6.07) is 5.26. The number of rotatable bonds is 6. The van der Waals surface area contributed by atoms with E-state index in [2.05, 4.69) is 25.1 Å². The average molecular weight is 396 g/mol. The van der Waals surface area contributed by atoms with E-state index in [1.54, 1.807) is 18.3 Å². The first-order valence-electron chi connectivity index (χ1n) is 7.68. The number of carbonyl (C=O) groups is 1. The summed E-state index contributed by atoms with van der Waals surface area (Å²) in [7, 11) is 1.32. The number of nitrogens with zero attached hydrogens (tertiary/aromatic N) is 3. The maximum absolute atomic E-state index is 12.2. The van der Waals surface area contributed by atoms with E-state index >= 15 is 0 Å². The average Bonchev–Trinajstić information content (AvgIpc) is 3.04. The van der Waals surface area contributed by atoms with Crippen LogP contribution in [0.1, 0.15) is 12.0 Å². The van der Waals surface area contributed by atoms with Crippen LogP contribution >= 0.6 is 23.2 Å². The summed E-state index contributed by atoms with van der Waals surface area (Å²) in [5.41, 5.74) is 1.14. The zero-order valence-electron chi connectivity index (χ0n) is 13.8. The smallest absolute Gasteiger partial charge is 0.307 e. The molecule has 0 fully saturated rings. The molecule has 0 amide bonds. The van der Waals surface area contributed by atoms with Gasteiger partial charge >= 0.3 is 5.97 Å². The van der Waals surface area contributed by atoms with E-state index in [-0.39, 0.29) is 23.5 Å². The monoisotopic (exact) mass is 395 g/mol. The Balaban J connectivity index is 1.76. The lowest BCUT2D eigenvalue weighted by atomic mass is 10.2. The third-order valence-corrected chi connectivity index (χ3v) is 4.38. The second kappa shape index (κ2) is 7.76. The summed E-state index contributed by atoms with van der Waals surface area (Å²) in [6.45, 7) is 0.705. The van der Waals surface area contributed by atoms with Crippen LogP contribution in [-0.2, 0) is 22.6 Å². The van der Waals surface area contributed by atoms with Gasteiger partial charge in [0.15, 0.2) is 5.52 Å². The second-order valence-electron chi connectivity index (χ2n) is 5.47. The number of fused-ring (bicyclic) bond motifs is 1. The molecule has 2 heterocycles. The highest BCUT2D eigenvalue weighted by Gasteiger charge is 2.10. The number of carbonyl (C=O) groups excluding carboxylic acids is 1. The van der Waals surface area contributed by atoms with Crippen molar-refractivity contribution in [2.24, 2.45) is 0 Å². The topological polar surface area (TPSA) is 102 Å². The highest BCUT2D eigenvalue weighted by molar-refractivity contribution is 6.42. The second-order valence-corrected chi connectivity index (χ2v) is 6.28. The first kappa shape index (κ1) is 18.2. The molecule has 8 nitrogen and oxygen atoms in total. The summed E-state index contributed by atoms with van der Waals surface area (Å²) in [5, 5.41) is 8.10. The van der Waals surface area contributed by atoms with Crippen molar-refractivity contribution >= 4 is 46.2 Å². The van der Waals surface area contributed by atoms with Gasteiger partial charge < -0.3 is 10.1 Å². The summed E-state index contributed by atoms with van der Waals surface area (Å²) in [6.07, 6.45) is 1.77. The van der Waals surface area contributed by atoms with Crippen molar-refractivity contribution in [2.45, 2.75) is 19.5 Å². The van der Waals surface area contributed by atoms with Crippen molar-refractivity contribution in [3.8, 4) is 0 Å². The van der Waals surface area contributed by atoms with Crippen LogP contribution in [0, 0.1) is 0 Å². The first-order valence-corrected chi connectivity index (χ1v) is 8.44. The molecule has 0 aliphatic rings. The van der Waals surface area contributed by atoms with Crippen LogP contribution < -0.4 is 10.9 Å². The minimum Gasteiger partial charge on any atom is -0.469 e. The molecule has 3 aromatic rings. The van der Waals surface area contributed by atoms with Gasteiger partial charge in [-0.15, -0.1) is 0 Å². The van der Waals surface area contributed by atoms with Crippen LogP contribution in [0.3, 0.4) is 0 Å². The molecule has 1 aromatic carbocycles. The lowest BCUT2D eigenvalue weighted by Crippen LogP contribution is -2.13. The lowest BCUT2D eigenvalue weighted by molar-refractivity contribution is -0.140. The Kier molecular flexibility index (Phi) is 5.43. The molecule has 2 aromatic heterocycles. The number of esters is 1. The lowest BCUT2D eigenvalue weighted by Gasteiger charge is -2.06. The maximum atomic E-state index is 12.2. The van der Waals surface area contributed by atoms with E-state index in [0.29, 0.717) is 34.6 Å². The molecule has 0 bridgehead atoms. The Labute approximate surface area is 158 Å². The fraction of sp³-hybridized carbons (Fsp3) is 0.250. The van der Waals surface area contributed by atoms with E-state index < -0.39 is 0 Å². The van der Waals surface area contributed by atoms with E-state index in [1.807, 2.05) is 6.07 Å². The van der Waals surface area contributed by atoms with Gasteiger partial charge in [0.1, 0.15) is 5.52 Å². The Morgan fingerprint density at radius 1 is 1.35 bits per heavy atom. The minimum atomic E-state index is -0.372. The molecule has 3 rings (SSSR count).